The van der Waals surface area contributed by atoms with Crippen molar-refractivity contribution in [3.63, 3.8) is 0 Å². The van der Waals surface area contributed by atoms with Gasteiger partial charge < -0.3 is 10.1 Å². The average Bonchev–Trinajstić information content (AvgIpc) is 3.01. The summed E-state index contributed by atoms with van der Waals surface area (Å²) in [4.78, 5) is 26.5. The van der Waals surface area contributed by atoms with Crippen molar-refractivity contribution < 1.29 is 9.72 Å². The smallest absolute Gasteiger partial charge is 0.357 e. The van der Waals surface area contributed by atoms with Gasteiger partial charge in [0.15, 0.2) is 10.8 Å². The first kappa shape index (κ1) is 14.6. The van der Waals surface area contributed by atoms with Gasteiger partial charge in [-0.1, -0.05) is 22.5 Å². The molecule has 22 heavy (non-hydrogen) atoms. The summed E-state index contributed by atoms with van der Waals surface area (Å²) in [5, 5.41) is 19.6. The number of hydrogen-bond donors (Lipinski definition) is 2. The highest BCUT2D eigenvalue weighted by atomic mass is 79.9. The summed E-state index contributed by atoms with van der Waals surface area (Å²) in [5.74, 6) is -0.947. The van der Waals surface area contributed by atoms with Gasteiger partial charge in [-0.25, -0.2) is 4.98 Å². The topological polar surface area (TPSA) is 114 Å². The van der Waals surface area contributed by atoms with Gasteiger partial charge in [-0.3, -0.25) is 10.1 Å². The lowest BCUT2D eigenvalue weighted by atomic mass is 10.2. The number of amides is 1. The largest absolute Gasteiger partial charge is 0.358 e. The van der Waals surface area contributed by atoms with Gasteiger partial charge in [-0.15, -0.1) is 5.10 Å². The van der Waals surface area contributed by atoms with Crippen LogP contribution in [-0.2, 0) is 0 Å². The number of hydrogen-bond acceptors (Lipinski definition) is 6. The fraction of sp³-hybridized carbons (Fsp3) is 0.0833. The van der Waals surface area contributed by atoms with Crippen LogP contribution in [0.2, 0.25) is 0 Å². The summed E-state index contributed by atoms with van der Waals surface area (Å²) in [5.41, 5.74) is 1.78. The lowest BCUT2D eigenvalue weighted by Crippen LogP contribution is -2.12. The van der Waals surface area contributed by atoms with E-state index in [1.807, 2.05) is 25.1 Å². The third-order valence-corrected chi connectivity index (χ3v) is 4.54. The Kier molecular flexibility index (Phi) is 3.62. The maximum absolute atomic E-state index is 12.1. The molecule has 2 N–H and O–H groups in total. The maximum Gasteiger partial charge on any atom is 0.357 e. The number of carbonyl (C=O) groups excluding carboxylic acids is 1. The standard InChI is InChI=1S/C12H8BrN5O3S/c1-5-2-3-6-7(4-5)22-12(14-6)15-11(19)9-8(13)10(17-16-9)18(20)21/h2-4H,1H3,(H,16,17)(H,14,15,19). The number of carbonyl (C=O) groups is 1. The minimum atomic E-state index is -0.658. The van der Waals surface area contributed by atoms with Crippen LogP contribution in [0.25, 0.3) is 10.2 Å². The summed E-state index contributed by atoms with van der Waals surface area (Å²) < 4.78 is 0.953. The van der Waals surface area contributed by atoms with Crippen molar-refractivity contribution in [2.24, 2.45) is 0 Å². The molecule has 0 aliphatic carbocycles. The van der Waals surface area contributed by atoms with Crippen LogP contribution in [0.5, 0.6) is 0 Å². The number of halogens is 1. The molecule has 0 fully saturated rings. The fourth-order valence-corrected chi connectivity index (χ4v) is 3.29. The Bertz CT molecular complexity index is 903. The molecule has 1 amide bonds. The summed E-state index contributed by atoms with van der Waals surface area (Å²) in [6.07, 6.45) is 0. The molecule has 0 radical (unpaired) electrons. The third kappa shape index (κ3) is 2.57. The first-order chi connectivity index (χ1) is 10.5. The van der Waals surface area contributed by atoms with E-state index in [0.29, 0.717) is 5.13 Å². The van der Waals surface area contributed by atoms with Crippen LogP contribution >= 0.6 is 27.3 Å². The molecule has 2 aromatic heterocycles. The van der Waals surface area contributed by atoms with Gasteiger partial charge in [0.1, 0.15) is 4.47 Å². The molecule has 0 aliphatic heterocycles. The molecule has 3 rings (SSSR count). The highest BCUT2D eigenvalue weighted by Gasteiger charge is 2.25. The monoisotopic (exact) mass is 381 g/mol. The molecule has 0 aliphatic rings. The van der Waals surface area contributed by atoms with Crippen molar-refractivity contribution >= 4 is 54.3 Å². The molecule has 10 heteroatoms. The minimum absolute atomic E-state index is 0.00644. The first-order valence-corrected chi connectivity index (χ1v) is 7.63. The molecular formula is C12H8BrN5O3S. The number of nitro groups is 1. The normalized spacial score (nSPS) is 10.8. The van der Waals surface area contributed by atoms with Crippen LogP contribution in [0.1, 0.15) is 16.1 Å². The molecule has 1 aromatic carbocycles. The van der Waals surface area contributed by atoms with Gasteiger partial charge in [-0.05, 0) is 45.5 Å². The van der Waals surface area contributed by atoms with E-state index < -0.39 is 10.8 Å². The highest BCUT2D eigenvalue weighted by molar-refractivity contribution is 9.10. The second-order valence-electron chi connectivity index (χ2n) is 4.44. The number of nitrogens with one attached hydrogen (secondary N) is 2. The van der Waals surface area contributed by atoms with Crippen LogP contribution < -0.4 is 5.32 Å². The van der Waals surface area contributed by atoms with Crippen LogP contribution in [0, 0.1) is 17.0 Å². The molecule has 112 valence electrons. The lowest BCUT2D eigenvalue weighted by Gasteiger charge is -1.97. The van der Waals surface area contributed by atoms with Crippen molar-refractivity contribution in [1.82, 2.24) is 15.2 Å². The molecule has 0 saturated carbocycles. The Hall–Kier alpha value is -2.33. The van der Waals surface area contributed by atoms with E-state index in [1.54, 1.807) is 0 Å². The van der Waals surface area contributed by atoms with Gasteiger partial charge in [0.2, 0.25) is 0 Å². The summed E-state index contributed by atoms with van der Waals surface area (Å²) in [7, 11) is 0. The van der Waals surface area contributed by atoms with E-state index in [1.165, 1.54) is 11.3 Å². The minimum Gasteiger partial charge on any atom is -0.358 e. The Balaban J connectivity index is 1.88. The van der Waals surface area contributed by atoms with E-state index in [0.717, 1.165) is 15.8 Å². The number of aromatic nitrogens is 3. The molecular weight excluding hydrogens is 374 g/mol. The van der Waals surface area contributed by atoms with Gasteiger partial charge in [0, 0.05) is 0 Å². The molecule has 0 saturated heterocycles. The number of thiazole rings is 1. The lowest BCUT2D eigenvalue weighted by molar-refractivity contribution is -0.390. The quantitative estimate of drug-likeness (QED) is 0.533. The van der Waals surface area contributed by atoms with Gasteiger partial charge in [-0.2, -0.15) is 0 Å². The Morgan fingerprint density at radius 3 is 2.95 bits per heavy atom. The number of rotatable bonds is 3. The van der Waals surface area contributed by atoms with Gasteiger partial charge >= 0.3 is 5.82 Å². The van der Waals surface area contributed by atoms with E-state index in [9.17, 15) is 14.9 Å². The molecule has 0 atom stereocenters. The predicted octanol–water partition coefficient (Wildman–Crippen LogP) is 3.25. The van der Waals surface area contributed by atoms with Crippen LogP contribution in [-0.4, -0.2) is 26.0 Å². The van der Waals surface area contributed by atoms with E-state index in [4.69, 9.17) is 0 Å². The Labute approximate surface area is 135 Å². The highest BCUT2D eigenvalue weighted by Crippen LogP contribution is 2.29. The van der Waals surface area contributed by atoms with Gasteiger partial charge in [0.25, 0.3) is 5.91 Å². The summed E-state index contributed by atoms with van der Waals surface area (Å²) in [6, 6.07) is 5.77. The molecule has 0 unspecified atom stereocenters. The summed E-state index contributed by atoms with van der Waals surface area (Å²) >= 11 is 4.32. The van der Waals surface area contributed by atoms with Crippen molar-refractivity contribution in [2.75, 3.05) is 5.32 Å². The molecule has 8 nitrogen and oxygen atoms in total. The number of H-pyrrole nitrogens is 1. The van der Waals surface area contributed by atoms with E-state index in [2.05, 4.69) is 36.4 Å². The van der Waals surface area contributed by atoms with Crippen LogP contribution in [0.15, 0.2) is 22.7 Å². The zero-order valence-corrected chi connectivity index (χ0v) is 13.5. The van der Waals surface area contributed by atoms with Crippen molar-refractivity contribution in [3.8, 4) is 0 Å². The number of nitrogens with zero attached hydrogens (tertiary/aromatic N) is 3. The molecule has 0 spiro atoms. The Morgan fingerprint density at radius 2 is 2.27 bits per heavy atom. The number of aryl methyl sites for hydroxylation is 1. The second-order valence-corrected chi connectivity index (χ2v) is 6.26. The third-order valence-electron chi connectivity index (χ3n) is 2.85. The van der Waals surface area contributed by atoms with Crippen LogP contribution in [0.4, 0.5) is 10.9 Å². The zero-order valence-electron chi connectivity index (χ0n) is 11.1. The number of aromatic amines is 1. The fourth-order valence-electron chi connectivity index (χ4n) is 1.83. The number of fused-ring (bicyclic) bond motifs is 1. The van der Waals surface area contributed by atoms with Crippen molar-refractivity contribution in [1.29, 1.82) is 0 Å². The Morgan fingerprint density at radius 1 is 1.50 bits per heavy atom. The number of anilines is 1. The molecule has 3 aromatic rings. The molecule has 2 heterocycles. The predicted molar refractivity (Wildman–Crippen MR) is 85.3 cm³/mol. The van der Waals surface area contributed by atoms with Gasteiger partial charge in [0.05, 0.1) is 10.2 Å². The zero-order chi connectivity index (χ0) is 15.9. The average molecular weight is 382 g/mol. The number of benzene rings is 1. The van der Waals surface area contributed by atoms with Crippen molar-refractivity contribution in [3.05, 3.63) is 44.0 Å². The van der Waals surface area contributed by atoms with E-state index >= 15 is 0 Å². The van der Waals surface area contributed by atoms with Crippen LogP contribution in [0.3, 0.4) is 0 Å². The van der Waals surface area contributed by atoms with E-state index in [-0.39, 0.29) is 16.0 Å². The maximum atomic E-state index is 12.1. The SMILES string of the molecule is Cc1ccc2nc(NC(=O)c3n[nH]c([N+](=O)[O-])c3Br)sc2c1. The summed E-state index contributed by atoms with van der Waals surface area (Å²) in [6.45, 7) is 1.97. The van der Waals surface area contributed by atoms with Crippen molar-refractivity contribution in [2.45, 2.75) is 6.92 Å². The molecule has 0 bridgehead atoms. The first-order valence-electron chi connectivity index (χ1n) is 6.02. The second kappa shape index (κ2) is 5.46.